The zero-order chi connectivity index (χ0) is 9.97. The molecule has 0 aromatic carbocycles. The normalized spacial score (nSPS) is 18.5. The lowest BCUT2D eigenvalue weighted by Crippen LogP contribution is -2.36. The summed E-state index contributed by atoms with van der Waals surface area (Å²) >= 11 is 0. The summed E-state index contributed by atoms with van der Waals surface area (Å²) in [5.41, 5.74) is -0.0814. The molecule has 1 saturated heterocycles. The number of aromatic amines is 1. The lowest BCUT2D eigenvalue weighted by Gasteiger charge is -2.30. The summed E-state index contributed by atoms with van der Waals surface area (Å²) in [5.74, 6) is 1.34. The lowest BCUT2D eigenvalue weighted by molar-refractivity contribution is 0.436. The van der Waals surface area contributed by atoms with Gasteiger partial charge in [0, 0.05) is 25.5 Å². The van der Waals surface area contributed by atoms with Gasteiger partial charge in [-0.3, -0.25) is 4.79 Å². The van der Waals surface area contributed by atoms with Crippen LogP contribution in [0, 0.1) is 5.92 Å². The first-order chi connectivity index (χ1) is 6.77. The van der Waals surface area contributed by atoms with Crippen molar-refractivity contribution in [2.45, 2.75) is 19.8 Å². The Balaban J connectivity index is 2.16. The largest absolute Gasteiger partial charge is 0.352 e. The molecule has 0 spiro atoms. The van der Waals surface area contributed by atoms with Gasteiger partial charge in [-0.05, 0) is 18.8 Å². The molecule has 1 aliphatic rings. The number of anilines is 1. The van der Waals surface area contributed by atoms with Gasteiger partial charge in [0.15, 0.2) is 5.82 Å². The molecule has 1 aromatic rings. The van der Waals surface area contributed by atoms with Crippen LogP contribution in [0.2, 0.25) is 0 Å². The molecule has 0 aliphatic carbocycles. The molecule has 14 heavy (non-hydrogen) atoms. The highest BCUT2D eigenvalue weighted by molar-refractivity contribution is 5.35. The Hall–Kier alpha value is -1.32. The summed E-state index contributed by atoms with van der Waals surface area (Å²) in [6.07, 6.45) is 5.50. The average Bonchev–Trinajstić information content (AvgIpc) is 2.20. The third kappa shape index (κ3) is 1.78. The van der Waals surface area contributed by atoms with Crippen molar-refractivity contribution < 1.29 is 0 Å². The Bertz CT molecular complexity index is 352. The van der Waals surface area contributed by atoms with Crippen LogP contribution in [0.25, 0.3) is 0 Å². The summed E-state index contributed by atoms with van der Waals surface area (Å²) in [4.78, 5) is 20.3. The molecule has 0 radical (unpaired) electrons. The van der Waals surface area contributed by atoms with Crippen molar-refractivity contribution in [3.8, 4) is 0 Å². The van der Waals surface area contributed by atoms with Gasteiger partial charge in [0.25, 0.3) is 5.56 Å². The Morgan fingerprint density at radius 1 is 1.50 bits per heavy atom. The second-order valence-corrected chi connectivity index (χ2v) is 3.91. The molecule has 1 N–H and O–H groups in total. The molecule has 1 fully saturated rings. The smallest absolute Gasteiger partial charge is 0.290 e. The van der Waals surface area contributed by atoms with E-state index in [2.05, 4.69) is 21.8 Å². The molecule has 2 rings (SSSR count). The maximum absolute atomic E-state index is 11.4. The minimum Gasteiger partial charge on any atom is -0.352 e. The third-order valence-electron chi connectivity index (χ3n) is 2.77. The van der Waals surface area contributed by atoms with Crippen LogP contribution in [0.15, 0.2) is 17.2 Å². The topological polar surface area (TPSA) is 49.0 Å². The second-order valence-electron chi connectivity index (χ2n) is 3.91. The maximum atomic E-state index is 11.4. The highest BCUT2D eigenvalue weighted by Gasteiger charge is 2.18. The Morgan fingerprint density at radius 2 is 2.21 bits per heavy atom. The van der Waals surface area contributed by atoms with Gasteiger partial charge in [0.1, 0.15) is 0 Å². The van der Waals surface area contributed by atoms with Gasteiger partial charge in [-0.25, -0.2) is 4.98 Å². The van der Waals surface area contributed by atoms with Crippen molar-refractivity contribution in [1.82, 2.24) is 9.97 Å². The van der Waals surface area contributed by atoms with Crippen LogP contribution in [0.3, 0.4) is 0 Å². The standard InChI is InChI=1S/C10H15N3O/c1-8-2-6-13(7-3-8)9-10(14)12-5-4-11-9/h4-5,8H,2-3,6-7H2,1H3,(H,12,14). The highest BCUT2D eigenvalue weighted by Crippen LogP contribution is 2.18. The molecule has 1 aromatic heterocycles. The zero-order valence-corrected chi connectivity index (χ0v) is 8.36. The molecule has 0 unspecified atom stereocenters. The van der Waals surface area contributed by atoms with E-state index in [0.29, 0.717) is 5.82 Å². The van der Waals surface area contributed by atoms with Crippen LogP contribution in [0.1, 0.15) is 19.8 Å². The van der Waals surface area contributed by atoms with Gasteiger partial charge in [-0.15, -0.1) is 0 Å². The van der Waals surface area contributed by atoms with Crippen molar-refractivity contribution in [2.75, 3.05) is 18.0 Å². The molecule has 2 heterocycles. The van der Waals surface area contributed by atoms with E-state index in [-0.39, 0.29) is 5.56 Å². The number of hydrogen-bond donors (Lipinski definition) is 1. The number of nitrogens with one attached hydrogen (secondary N) is 1. The first-order valence-electron chi connectivity index (χ1n) is 5.06. The zero-order valence-electron chi connectivity index (χ0n) is 8.36. The second kappa shape index (κ2) is 3.82. The van der Waals surface area contributed by atoms with Crippen molar-refractivity contribution in [3.05, 3.63) is 22.7 Å². The van der Waals surface area contributed by atoms with Crippen molar-refractivity contribution >= 4 is 5.82 Å². The lowest BCUT2D eigenvalue weighted by atomic mass is 9.99. The molecule has 1 aliphatic heterocycles. The van der Waals surface area contributed by atoms with Gasteiger partial charge in [-0.2, -0.15) is 0 Å². The van der Waals surface area contributed by atoms with Gasteiger partial charge in [-0.1, -0.05) is 6.92 Å². The summed E-state index contributed by atoms with van der Waals surface area (Å²) in [5, 5.41) is 0. The van der Waals surface area contributed by atoms with Crippen LogP contribution in [0.5, 0.6) is 0 Å². The minimum absolute atomic E-state index is 0.0814. The SMILES string of the molecule is CC1CCN(c2ncc[nH]c2=O)CC1. The van der Waals surface area contributed by atoms with Gasteiger partial charge < -0.3 is 9.88 Å². The minimum atomic E-state index is -0.0814. The summed E-state index contributed by atoms with van der Waals surface area (Å²) in [6, 6.07) is 0. The van der Waals surface area contributed by atoms with E-state index in [4.69, 9.17) is 0 Å². The third-order valence-corrected chi connectivity index (χ3v) is 2.77. The van der Waals surface area contributed by atoms with E-state index < -0.39 is 0 Å². The van der Waals surface area contributed by atoms with Crippen LogP contribution in [-0.4, -0.2) is 23.1 Å². The van der Waals surface area contributed by atoms with E-state index in [1.807, 2.05) is 0 Å². The Kier molecular flexibility index (Phi) is 2.52. The van der Waals surface area contributed by atoms with Gasteiger partial charge in [0.05, 0.1) is 0 Å². The summed E-state index contributed by atoms with van der Waals surface area (Å²) < 4.78 is 0. The number of piperidine rings is 1. The van der Waals surface area contributed by atoms with Crippen LogP contribution < -0.4 is 10.5 Å². The highest BCUT2D eigenvalue weighted by atomic mass is 16.1. The van der Waals surface area contributed by atoms with Crippen molar-refractivity contribution in [1.29, 1.82) is 0 Å². The van der Waals surface area contributed by atoms with E-state index in [1.54, 1.807) is 12.4 Å². The first-order valence-corrected chi connectivity index (χ1v) is 5.06. The van der Waals surface area contributed by atoms with E-state index in [1.165, 1.54) is 0 Å². The van der Waals surface area contributed by atoms with E-state index >= 15 is 0 Å². The number of rotatable bonds is 1. The molecule has 0 amide bonds. The Labute approximate surface area is 83.0 Å². The van der Waals surface area contributed by atoms with Crippen molar-refractivity contribution in [3.63, 3.8) is 0 Å². The fourth-order valence-electron chi connectivity index (χ4n) is 1.79. The van der Waals surface area contributed by atoms with Crippen LogP contribution in [-0.2, 0) is 0 Å². The fourth-order valence-corrected chi connectivity index (χ4v) is 1.79. The summed E-state index contributed by atoms with van der Waals surface area (Å²) in [6.45, 7) is 4.14. The molecule has 0 saturated carbocycles. The number of hydrogen-bond acceptors (Lipinski definition) is 3. The first kappa shape index (κ1) is 9.24. The predicted octanol–water partition coefficient (Wildman–Crippen LogP) is 1.01. The molecule has 76 valence electrons. The maximum Gasteiger partial charge on any atom is 0.290 e. The van der Waals surface area contributed by atoms with Crippen LogP contribution in [0.4, 0.5) is 5.82 Å². The molecule has 4 nitrogen and oxygen atoms in total. The molecule has 0 atom stereocenters. The molecule has 4 heteroatoms. The number of H-pyrrole nitrogens is 1. The van der Waals surface area contributed by atoms with Crippen LogP contribution >= 0.6 is 0 Å². The predicted molar refractivity (Wildman–Crippen MR) is 55.5 cm³/mol. The monoisotopic (exact) mass is 193 g/mol. The average molecular weight is 193 g/mol. The number of nitrogens with zero attached hydrogens (tertiary/aromatic N) is 2. The Morgan fingerprint density at radius 3 is 2.86 bits per heavy atom. The molecular formula is C10H15N3O. The molecular weight excluding hydrogens is 178 g/mol. The quantitative estimate of drug-likeness (QED) is 0.724. The van der Waals surface area contributed by atoms with E-state index in [0.717, 1.165) is 31.8 Å². The molecule has 0 bridgehead atoms. The van der Waals surface area contributed by atoms with Gasteiger partial charge >= 0.3 is 0 Å². The van der Waals surface area contributed by atoms with Gasteiger partial charge in [0.2, 0.25) is 0 Å². The van der Waals surface area contributed by atoms with E-state index in [9.17, 15) is 4.79 Å². The summed E-state index contributed by atoms with van der Waals surface area (Å²) in [7, 11) is 0. The fraction of sp³-hybridized carbons (Fsp3) is 0.600. The number of aromatic nitrogens is 2. The van der Waals surface area contributed by atoms with Crippen molar-refractivity contribution in [2.24, 2.45) is 5.92 Å².